The number of hydrogen-bond donors (Lipinski definition) is 2. The van der Waals surface area contributed by atoms with Gasteiger partial charge < -0.3 is 10.6 Å². The zero-order valence-electron chi connectivity index (χ0n) is 12.1. The van der Waals surface area contributed by atoms with Crippen LogP contribution in [0.25, 0.3) is 0 Å². The lowest BCUT2D eigenvalue weighted by Gasteiger charge is -2.17. The molecule has 0 aromatic heterocycles. The normalized spacial score (nSPS) is 18.5. The fourth-order valence-electron chi connectivity index (χ4n) is 2.64. The van der Waals surface area contributed by atoms with Crippen molar-refractivity contribution in [2.45, 2.75) is 46.1 Å². The number of carbonyl (C=O) groups is 1. The predicted molar refractivity (Wildman–Crippen MR) is 79.6 cm³/mol. The molecule has 1 aromatic rings. The molecule has 1 aliphatic heterocycles. The fraction of sp³-hybridized carbons (Fsp3) is 0.562. The number of aryl methyl sites for hydroxylation is 1. The van der Waals surface area contributed by atoms with Crippen molar-refractivity contribution in [3.63, 3.8) is 0 Å². The molecular formula is C16H24N2O. The maximum absolute atomic E-state index is 12.3. The monoisotopic (exact) mass is 260 g/mol. The second kappa shape index (κ2) is 6.09. The minimum Gasteiger partial charge on any atom is -0.382 e. The van der Waals surface area contributed by atoms with E-state index in [0.717, 1.165) is 37.1 Å². The van der Waals surface area contributed by atoms with E-state index in [1.54, 1.807) is 0 Å². The van der Waals surface area contributed by atoms with E-state index in [0.29, 0.717) is 5.92 Å². The summed E-state index contributed by atoms with van der Waals surface area (Å²) in [7, 11) is 0. The Labute approximate surface area is 115 Å². The lowest BCUT2D eigenvalue weighted by atomic mass is 10.0. The second-order valence-electron chi connectivity index (χ2n) is 5.81. The first-order valence-corrected chi connectivity index (χ1v) is 7.27. The van der Waals surface area contributed by atoms with Gasteiger partial charge in [0.05, 0.1) is 5.56 Å². The molecule has 104 valence electrons. The molecule has 2 rings (SSSR count). The van der Waals surface area contributed by atoms with Gasteiger partial charge in [0, 0.05) is 18.3 Å². The van der Waals surface area contributed by atoms with E-state index in [2.05, 4.69) is 37.5 Å². The van der Waals surface area contributed by atoms with Crippen molar-refractivity contribution in [2.75, 3.05) is 11.9 Å². The van der Waals surface area contributed by atoms with Crippen molar-refractivity contribution >= 4 is 11.6 Å². The zero-order chi connectivity index (χ0) is 13.8. The van der Waals surface area contributed by atoms with Gasteiger partial charge in [-0.05, 0) is 36.5 Å². The van der Waals surface area contributed by atoms with Gasteiger partial charge in [-0.1, -0.05) is 33.3 Å². The highest BCUT2D eigenvalue weighted by molar-refractivity contribution is 6.00. The first-order chi connectivity index (χ1) is 9.10. The highest BCUT2D eigenvalue weighted by Gasteiger charge is 2.21. The molecule has 1 heterocycles. The van der Waals surface area contributed by atoms with E-state index in [-0.39, 0.29) is 11.9 Å². The SMILES string of the molecule is CCCc1ccc2c(c1)C(=O)NC(CC(C)C)CN2. The number of fused-ring (bicyclic) bond motifs is 1. The number of carbonyl (C=O) groups excluding carboxylic acids is 1. The molecule has 2 N–H and O–H groups in total. The van der Waals surface area contributed by atoms with Gasteiger partial charge in [0.25, 0.3) is 5.91 Å². The van der Waals surface area contributed by atoms with Crippen LogP contribution in [-0.2, 0) is 6.42 Å². The summed E-state index contributed by atoms with van der Waals surface area (Å²) in [5, 5.41) is 6.53. The molecule has 0 radical (unpaired) electrons. The Balaban J connectivity index is 2.18. The first-order valence-electron chi connectivity index (χ1n) is 7.27. The van der Waals surface area contributed by atoms with Gasteiger partial charge in [-0.25, -0.2) is 0 Å². The van der Waals surface area contributed by atoms with Crippen molar-refractivity contribution < 1.29 is 4.79 Å². The summed E-state index contributed by atoms with van der Waals surface area (Å²) >= 11 is 0. The predicted octanol–water partition coefficient (Wildman–Crippen LogP) is 3.21. The number of benzene rings is 1. The molecule has 0 spiro atoms. The first kappa shape index (κ1) is 13.9. The van der Waals surface area contributed by atoms with Gasteiger partial charge in [0.15, 0.2) is 0 Å². The van der Waals surface area contributed by atoms with Gasteiger partial charge in [-0.15, -0.1) is 0 Å². The Morgan fingerprint density at radius 2 is 2.16 bits per heavy atom. The topological polar surface area (TPSA) is 41.1 Å². The summed E-state index contributed by atoms with van der Waals surface area (Å²) in [4.78, 5) is 12.3. The van der Waals surface area contributed by atoms with Gasteiger partial charge in [-0.3, -0.25) is 4.79 Å². The lowest BCUT2D eigenvalue weighted by molar-refractivity contribution is 0.0938. The van der Waals surface area contributed by atoms with Crippen molar-refractivity contribution in [2.24, 2.45) is 5.92 Å². The van der Waals surface area contributed by atoms with Gasteiger partial charge in [0.1, 0.15) is 0 Å². The van der Waals surface area contributed by atoms with Crippen LogP contribution in [0, 0.1) is 5.92 Å². The van der Waals surface area contributed by atoms with E-state index in [1.165, 1.54) is 5.56 Å². The Kier molecular flexibility index (Phi) is 4.46. The quantitative estimate of drug-likeness (QED) is 0.872. The Morgan fingerprint density at radius 3 is 2.84 bits per heavy atom. The molecular weight excluding hydrogens is 236 g/mol. The van der Waals surface area contributed by atoms with E-state index >= 15 is 0 Å². The Bertz CT molecular complexity index is 454. The molecule has 0 saturated carbocycles. The summed E-state index contributed by atoms with van der Waals surface area (Å²) in [6.07, 6.45) is 3.13. The molecule has 1 amide bonds. The van der Waals surface area contributed by atoms with E-state index in [9.17, 15) is 4.79 Å². The van der Waals surface area contributed by atoms with Crippen LogP contribution in [0.1, 0.15) is 49.5 Å². The molecule has 0 saturated heterocycles. The van der Waals surface area contributed by atoms with E-state index in [4.69, 9.17) is 0 Å². The summed E-state index contributed by atoms with van der Waals surface area (Å²) in [6.45, 7) is 7.33. The molecule has 3 heteroatoms. The minimum atomic E-state index is 0.0589. The van der Waals surface area contributed by atoms with Crippen molar-refractivity contribution in [1.29, 1.82) is 0 Å². The summed E-state index contributed by atoms with van der Waals surface area (Å²) in [6, 6.07) is 6.40. The molecule has 0 fully saturated rings. The molecule has 3 nitrogen and oxygen atoms in total. The lowest BCUT2D eigenvalue weighted by Crippen LogP contribution is -2.38. The van der Waals surface area contributed by atoms with Gasteiger partial charge in [-0.2, -0.15) is 0 Å². The standard InChI is InChI=1S/C16H24N2O/c1-4-5-12-6-7-15-14(9-12)16(19)18-13(10-17-15)8-11(2)3/h6-7,9,11,13,17H,4-5,8,10H2,1-3H3,(H,18,19). The molecule has 0 aliphatic carbocycles. The third kappa shape index (κ3) is 3.49. The number of anilines is 1. The molecule has 1 unspecified atom stereocenters. The number of rotatable bonds is 4. The van der Waals surface area contributed by atoms with Gasteiger partial charge in [0.2, 0.25) is 0 Å². The fourth-order valence-corrected chi connectivity index (χ4v) is 2.64. The Morgan fingerprint density at radius 1 is 1.37 bits per heavy atom. The third-order valence-corrected chi connectivity index (χ3v) is 3.50. The molecule has 0 bridgehead atoms. The number of nitrogens with one attached hydrogen (secondary N) is 2. The number of hydrogen-bond acceptors (Lipinski definition) is 2. The van der Waals surface area contributed by atoms with Crippen molar-refractivity contribution in [1.82, 2.24) is 5.32 Å². The van der Waals surface area contributed by atoms with Gasteiger partial charge >= 0.3 is 0 Å². The molecule has 1 atom stereocenters. The van der Waals surface area contributed by atoms with Crippen LogP contribution in [0.3, 0.4) is 0 Å². The maximum Gasteiger partial charge on any atom is 0.253 e. The van der Waals surface area contributed by atoms with Crippen LogP contribution in [-0.4, -0.2) is 18.5 Å². The highest BCUT2D eigenvalue weighted by Crippen LogP contribution is 2.22. The van der Waals surface area contributed by atoms with Crippen LogP contribution >= 0.6 is 0 Å². The highest BCUT2D eigenvalue weighted by atomic mass is 16.1. The van der Waals surface area contributed by atoms with Crippen LogP contribution in [0.15, 0.2) is 18.2 Å². The minimum absolute atomic E-state index is 0.0589. The van der Waals surface area contributed by atoms with E-state index in [1.807, 2.05) is 12.1 Å². The maximum atomic E-state index is 12.3. The smallest absolute Gasteiger partial charge is 0.253 e. The zero-order valence-corrected chi connectivity index (χ0v) is 12.1. The van der Waals surface area contributed by atoms with Crippen molar-refractivity contribution in [3.05, 3.63) is 29.3 Å². The van der Waals surface area contributed by atoms with Crippen LogP contribution in [0.5, 0.6) is 0 Å². The second-order valence-corrected chi connectivity index (χ2v) is 5.81. The molecule has 1 aliphatic rings. The summed E-state index contributed by atoms with van der Waals surface area (Å²) in [5.74, 6) is 0.646. The summed E-state index contributed by atoms with van der Waals surface area (Å²) in [5.41, 5.74) is 2.99. The molecule has 1 aromatic carbocycles. The van der Waals surface area contributed by atoms with E-state index < -0.39 is 0 Å². The number of amides is 1. The van der Waals surface area contributed by atoms with Crippen LogP contribution < -0.4 is 10.6 Å². The molecule has 19 heavy (non-hydrogen) atoms. The average molecular weight is 260 g/mol. The van der Waals surface area contributed by atoms with Crippen LogP contribution in [0.2, 0.25) is 0 Å². The third-order valence-electron chi connectivity index (χ3n) is 3.50. The largest absolute Gasteiger partial charge is 0.382 e. The van der Waals surface area contributed by atoms with Crippen LogP contribution in [0.4, 0.5) is 5.69 Å². The average Bonchev–Trinajstić information content (AvgIpc) is 2.50. The summed E-state index contributed by atoms with van der Waals surface area (Å²) < 4.78 is 0. The Hall–Kier alpha value is -1.51. The van der Waals surface area contributed by atoms with Crippen molar-refractivity contribution in [3.8, 4) is 0 Å².